The number of nitrogens with one attached hydrogen (secondary N) is 1. The fourth-order valence-electron chi connectivity index (χ4n) is 2.22. The first-order valence-corrected chi connectivity index (χ1v) is 9.05. The normalized spacial score (nSPS) is 10.7. The zero-order valence-electron chi connectivity index (χ0n) is 15.5. The number of hydrogen-bond donors (Lipinski definition) is 1. The van der Waals surface area contributed by atoms with E-state index < -0.39 is 0 Å². The number of hydrogen-bond acceptors (Lipinski definition) is 3. The molecule has 0 atom stereocenters. The summed E-state index contributed by atoms with van der Waals surface area (Å²) in [6.07, 6.45) is 5.48. The van der Waals surface area contributed by atoms with Gasteiger partial charge in [0.2, 0.25) is 5.91 Å². The van der Waals surface area contributed by atoms with Crippen molar-refractivity contribution < 1.29 is 14.3 Å². The highest BCUT2D eigenvalue weighted by Gasteiger charge is 1.98. The number of benzene rings is 2. The molecule has 26 heavy (non-hydrogen) atoms. The highest BCUT2D eigenvalue weighted by molar-refractivity contribution is 5.91. The molecule has 1 amide bonds. The summed E-state index contributed by atoms with van der Waals surface area (Å²) in [5.41, 5.74) is 2.15. The van der Waals surface area contributed by atoms with Crippen molar-refractivity contribution in [1.29, 1.82) is 0 Å². The van der Waals surface area contributed by atoms with E-state index in [2.05, 4.69) is 12.2 Å². The fraction of sp³-hybridized carbons (Fsp3) is 0.318. The molecule has 2 rings (SSSR count). The highest BCUT2D eigenvalue weighted by atomic mass is 16.5. The number of aryl methyl sites for hydroxylation is 1. The Hall–Kier alpha value is -2.75. The Kier molecular flexibility index (Phi) is 8.27. The second-order valence-corrected chi connectivity index (χ2v) is 6.06. The van der Waals surface area contributed by atoms with E-state index in [1.807, 2.05) is 55.5 Å². The topological polar surface area (TPSA) is 47.6 Å². The van der Waals surface area contributed by atoms with Crippen LogP contribution in [-0.4, -0.2) is 25.7 Å². The molecule has 0 heterocycles. The van der Waals surface area contributed by atoms with E-state index in [0.29, 0.717) is 13.2 Å². The third kappa shape index (κ3) is 7.43. The maximum atomic E-state index is 11.8. The maximum Gasteiger partial charge on any atom is 0.244 e. The van der Waals surface area contributed by atoms with E-state index in [1.54, 1.807) is 6.08 Å². The Balaban J connectivity index is 1.67. The first-order chi connectivity index (χ1) is 12.7. The van der Waals surface area contributed by atoms with Gasteiger partial charge in [-0.25, -0.2) is 0 Å². The quantitative estimate of drug-likeness (QED) is 0.509. The minimum absolute atomic E-state index is 0.138. The van der Waals surface area contributed by atoms with Crippen LogP contribution in [0.2, 0.25) is 0 Å². The smallest absolute Gasteiger partial charge is 0.244 e. The molecule has 0 bridgehead atoms. The van der Waals surface area contributed by atoms with Gasteiger partial charge in [0, 0.05) is 6.08 Å². The first kappa shape index (κ1) is 19.6. The maximum absolute atomic E-state index is 11.8. The summed E-state index contributed by atoms with van der Waals surface area (Å²) in [6, 6.07) is 15.6. The minimum atomic E-state index is -0.138. The monoisotopic (exact) mass is 353 g/mol. The predicted molar refractivity (Wildman–Crippen MR) is 106 cm³/mol. The summed E-state index contributed by atoms with van der Waals surface area (Å²) in [5, 5.41) is 2.80. The van der Waals surface area contributed by atoms with E-state index in [4.69, 9.17) is 9.47 Å². The molecule has 0 unspecified atom stereocenters. The zero-order chi connectivity index (χ0) is 18.6. The van der Waals surface area contributed by atoms with Gasteiger partial charge in [0.25, 0.3) is 0 Å². The second kappa shape index (κ2) is 11.0. The molecule has 0 saturated heterocycles. The molecule has 0 aliphatic heterocycles. The molecule has 0 radical (unpaired) electrons. The van der Waals surface area contributed by atoms with Gasteiger partial charge in [0.15, 0.2) is 0 Å². The van der Waals surface area contributed by atoms with Gasteiger partial charge in [0.1, 0.15) is 18.1 Å². The molecule has 138 valence electrons. The lowest BCUT2D eigenvalue weighted by atomic mass is 10.2. The van der Waals surface area contributed by atoms with Crippen molar-refractivity contribution in [3.63, 3.8) is 0 Å². The van der Waals surface area contributed by atoms with Crippen molar-refractivity contribution in [2.24, 2.45) is 0 Å². The largest absolute Gasteiger partial charge is 0.494 e. The highest BCUT2D eigenvalue weighted by Crippen LogP contribution is 2.14. The molecule has 4 nitrogen and oxygen atoms in total. The number of carbonyl (C=O) groups excluding carboxylic acids is 1. The standard InChI is InChI=1S/C22H27NO3/c1-3-4-16-25-21-12-7-19(8-13-21)9-14-22(24)23-15-17-26-20-10-5-18(2)6-11-20/h5-14H,3-4,15-17H2,1-2H3,(H,23,24)/b14-9+. The molecule has 2 aromatic rings. The third-order valence-electron chi connectivity index (χ3n) is 3.76. The molecule has 0 saturated carbocycles. The predicted octanol–water partition coefficient (Wildman–Crippen LogP) is 4.38. The number of unbranched alkanes of at least 4 members (excludes halogenated alkanes) is 1. The molecule has 1 N–H and O–H groups in total. The Morgan fingerprint density at radius 2 is 1.58 bits per heavy atom. The van der Waals surface area contributed by atoms with Gasteiger partial charge < -0.3 is 14.8 Å². The van der Waals surface area contributed by atoms with E-state index >= 15 is 0 Å². The molecular formula is C22H27NO3. The van der Waals surface area contributed by atoms with Crippen molar-refractivity contribution in [2.75, 3.05) is 19.8 Å². The van der Waals surface area contributed by atoms with Crippen LogP contribution in [0.3, 0.4) is 0 Å². The molecule has 0 fully saturated rings. The van der Waals surface area contributed by atoms with Crippen molar-refractivity contribution in [2.45, 2.75) is 26.7 Å². The van der Waals surface area contributed by atoms with E-state index in [0.717, 1.165) is 36.5 Å². The first-order valence-electron chi connectivity index (χ1n) is 9.05. The second-order valence-electron chi connectivity index (χ2n) is 6.06. The molecule has 2 aromatic carbocycles. The summed E-state index contributed by atoms with van der Waals surface area (Å²) < 4.78 is 11.2. The number of carbonyl (C=O) groups is 1. The Labute approximate surface area is 155 Å². The van der Waals surface area contributed by atoms with Crippen molar-refractivity contribution in [3.8, 4) is 11.5 Å². The third-order valence-corrected chi connectivity index (χ3v) is 3.76. The van der Waals surface area contributed by atoms with Crippen LogP contribution in [0.1, 0.15) is 30.9 Å². The Morgan fingerprint density at radius 1 is 0.962 bits per heavy atom. The lowest BCUT2D eigenvalue weighted by Gasteiger charge is -2.07. The zero-order valence-corrected chi connectivity index (χ0v) is 15.5. The van der Waals surface area contributed by atoms with Gasteiger partial charge in [-0.2, -0.15) is 0 Å². The summed E-state index contributed by atoms with van der Waals surface area (Å²) in [7, 11) is 0. The average Bonchev–Trinajstić information content (AvgIpc) is 2.66. The lowest BCUT2D eigenvalue weighted by molar-refractivity contribution is -0.116. The number of ether oxygens (including phenoxy) is 2. The van der Waals surface area contributed by atoms with Crippen LogP contribution in [0.25, 0.3) is 6.08 Å². The van der Waals surface area contributed by atoms with Gasteiger partial charge in [-0.15, -0.1) is 0 Å². The van der Waals surface area contributed by atoms with E-state index in [9.17, 15) is 4.79 Å². The molecular weight excluding hydrogens is 326 g/mol. The molecule has 0 aliphatic rings. The number of rotatable bonds is 10. The van der Waals surface area contributed by atoms with Crippen LogP contribution >= 0.6 is 0 Å². The summed E-state index contributed by atoms with van der Waals surface area (Å²) in [4.78, 5) is 11.8. The average molecular weight is 353 g/mol. The molecule has 0 spiro atoms. The van der Waals surface area contributed by atoms with Crippen LogP contribution < -0.4 is 14.8 Å². The van der Waals surface area contributed by atoms with Crippen LogP contribution in [0.4, 0.5) is 0 Å². The van der Waals surface area contributed by atoms with Gasteiger partial charge in [-0.1, -0.05) is 43.2 Å². The molecule has 0 aliphatic carbocycles. The van der Waals surface area contributed by atoms with Crippen LogP contribution in [0.15, 0.2) is 54.6 Å². The van der Waals surface area contributed by atoms with Crippen molar-refractivity contribution in [3.05, 3.63) is 65.7 Å². The van der Waals surface area contributed by atoms with Gasteiger partial charge in [-0.3, -0.25) is 4.79 Å². The van der Waals surface area contributed by atoms with Gasteiger partial charge in [0.05, 0.1) is 13.2 Å². The Bertz CT molecular complexity index is 690. The van der Waals surface area contributed by atoms with E-state index in [-0.39, 0.29) is 5.91 Å². The van der Waals surface area contributed by atoms with Crippen LogP contribution in [-0.2, 0) is 4.79 Å². The lowest BCUT2D eigenvalue weighted by Crippen LogP contribution is -2.26. The fourth-order valence-corrected chi connectivity index (χ4v) is 2.22. The summed E-state index contributed by atoms with van der Waals surface area (Å²) >= 11 is 0. The van der Waals surface area contributed by atoms with Gasteiger partial charge >= 0.3 is 0 Å². The van der Waals surface area contributed by atoms with Gasteiger partial charge in [-0.05, 0) is 49.2 Å². The SMILES string of the molecule is CCCCOc1ccc(/C=C/C(=O)NCCOc2ccc(C)cc2)cc1. The molecule has 0 aromatic heterocycles. The van der Waals surface area contributed by atoms with Crippen molar-refractivity contribution >= 4 is 12.0 Å². The number of amides is 1. The minimum Gasteiger partial charge on any atom is -0.494 e. The summed E-state index contributed by atoms with van der Waals surface area (Å²) in [5.74, 6) is 1.52. The van der Waals surface area contributed by atoms with Crippen LogP contribution in [0.5, 0.6) is 11.5 Å². The van der Waals surface area contributed by atoms with E-state index in [1.165, 1.54) is 11.6 Å². The van der Waals surface area contributed by atoms with Crippen molar-refractivity contribution in [1.82, 2.24) is 5.32 Å². The molecule has 4 heteroatoms. The van der Waals surface area contributed by atoms with Crippen LogP contribution in [0, 0.1) is 6.92 Å². The summed E-state index contributed by atoms with van der Waals surface area (Å²) in [6.45, 7) is 5.80. The Morgan fingerprint density at radius 3 is 2.23 bits per heavy atom.